The van der Waals surface area contributed by atoms with E-state index in [9.17, 15) is 23.1 Å². The van der Waals surface area contributed by atoms with Gasteiger partial charge in [-0.2, -0.15) is 13.2 Å². The van der Waals surface area contributed by atoms with Crippen molar-refractivity contribution < 1.29 is 27.8 Å². The van der Waals surface area contributed by atoms with Gasteiger partial charge >= 0.3 is 12.1 Å². The normalized spacial score (nSPS) is 11.4. The van der Waals surface area contributed by atoms with Crippen LogP contribution in [0, 0.1) is 0 Å². The molecule has 0 aliphatic carbocycles. The number of aromatic nitrogens is 1. The van der Waals surface area contributed by atoms with E-state index in [1.165, 1.54) is 12.1 Å². The number of phenols is 1. The van der Waals surface area contributed by atoms with Gasteiger partial charge in [0, 0.05) is 11.6 Å². The monoisotopic (exact) mass is 376 g/mol. The summed E-state index contributed by atoms with van der Waals surface area (Å²) in [5.74, 6) is -0.756. The van der Waals surface area contributed by atoms with Crippen LogP contribution in [0.1, 0.15) is 22.8 Å². The van der Waals surface area contributed by atoms with E-state index < -0.39 is 17.7 Å². The molecule has 0 amide bonds. The molecule has 0 saturated heterocycles. The quantitative estimate of drug-likeness (QED) is 0.502. The van der Waals surface area contributed by atoms with Crippen LogP contribution in [0.2, 0.25) is 0 Å². The van der Waals surface area contributed by atoms with Gasteiger partial charge in [-0.15, -0.1) is 0 Å². The molecule has 0 aliphatic rings. The predicted octanol–water partition coefficient (Wildman–Crippen LogP) is 4.88. The molecule has 2 aromatic carbocycles. The van der Waals surface area contributed by atoms with Crippen LogP contribution >= 0.6 is 0 Å². The number of rotatable bonds is 4. The SMILES string of the molecule is CCOC(=O)c1cnc2cc(C(F)(F)F)ccc2c1Nc1ccccc1O. The summed E-state index contributed by atoms with van der Waals surface area (Å²) >= 11 is 0. The summed E-state index contributed by atoms with van der Waals surface area (Å²) in [6.07, 6.45) is -3.36. The number of aromatic hydroxyl groups is 1. The number of alkyl halides is 3. The van der Waals surface area contributed by atoms with Gasteiger partial charge in [-0.1, -0.05) is 18.2 Å². The lowest BCUT2D eigenvalue weighted by molar-refractivity contribution is -0.137. The second-order valence-electron chi connectivity index (χ2n) is 5.64. The Hall–Kier alpha value is -3.29. The second kappa shape index (κ2) is 7.14. The third-order valence-corrected chi connectivity index (χ3v) is 3.86. The molecule has 2 N–H and O–H groups in total. The van der Waals surface area contributed by atoms with Crippen molar-refractivity contribution in [1.82, 2.24) is 4.98 Å². The third-order valence-electron chi connectivity index (χ3n) is 3.86. The van der Waals surface area contributed by atoms with Gasteiger partial charge in [0.05, 0.1) is 29.1 Å². The van der Waals surface area contributed by atoms with E-state index in [2.05, 4.69) is 10.3 Å². The number of pyridine rings is 1. The minimum atomic E-state index is -4.51. The molecular formula is C19H15F3N2O3. The number of carbonyl (C=O) groups is 1. The van der Waals surface area contributed by atoms with Gasteiger partial charge in [-0.05, 0) is 31.2 Å². The summed E-state index contributed by atoms with van der Waals surface area (Å²) in [5, 5.41) is 13.2. The van der Waals surface area contributed by atoms with Crippen LogP contribution in [0.5, 0.6) is 5.75 Å². The molecule has 0 atom stereocenters. The van der Waals surface area contributed by atoms with E-state index in [0.29, 0.717) is 0 Å². The summed E-state index contributed by atoms with van der Waals surface area (Å²) in [6, 6.07) is 9.34. The summed E-state index contributed by atoms with van der Waals surface area (Å²) in [5.41, 5.74) is -0.257. The van der Waals surface area contributed by atoms with Crippen LogP contribution in [0.25, 0.3) is 10.9 Å². The Balaban J connectivity index is 2.19. The molecule has 8 heteroatoms. The molecule has 0 aliphatic heterocycles. The van der Waals surface area contributed by atoms with Crippen molar-refractivity contribution in [3.63, 3.8) is 0 Å². The van der Waals surface area contributed by atoms with Crippen LogP contribution < -0.4 is 5.32 Å². The molecule has 0 bridgehead atoms. The zero-order valence-electron chi connectivity index (χ0n) is 14.2. The number of fused-ring (bicyclic) bond motifs is 1. The molecule has 5 nitrogen and oxygen atoms in total. The largest absolute Gasteiger partial charge is 0.506 e. The number of ether oxygens (including phenoxy) is 1. The van der Waals surface area contributed by atoms with Crippen LogP contribution in [-0.2, 0) is 10.9 Å². The first-order valence-corrected chi connectivity index (χ1v) is 8.03. The Morgan fingerprint density at radius 1 is 1.22 bits per heavy atom. The highest BCUT2D eigenvalue weighted by Crippen LogP contribution is 2.36. The Morgan fingerprint density at radius 2 is 1.96 bits per heavy atom. The summed E-state index contributed by atoms with van der Waals surface area (Å²) in [6.45, 7) is 1.76. The molecule has 0 fully saturated rings. The predicted molar refractivity (Wildman–Crippen MR) is 94.1 cm³/mol. The first kappa shape index (κ1) is 18.5. The van der Waals surface area contributed by atoms with E-state index in [-0.39, 0.29) is 40.2 Å². The number of carbonyl (C=O) groups excluding carboxylic acids is 1. The number of halogens is 3. The molecular weight excluding hydrogens is 361 g/mol. The lowest BCUT2D eigenvalue weighted by Crippen LogP contribution is -2.10. The summed E-state index contributed by atoms with van der Waals surface area (Å²) in [7, 11) is 0. The fourth-order valence-corrected chi connectivity index (χ4v) is 2.58. The summed E-state index contributed by atoms with van der Waals surface area (Å²) in [4.78, 5) is 16.2. The molecule has 0 unspecified atom stereocenters. The van der Waals surface area contributed by atoms with Gasteiger partial charge in [0.15, 0.2) is 0 Å². The fraction of sp³-hybridized carbons (Fsp3) is 0.158. The zero-order chi connectivity index (χ0) is 19.6. The molecule has 0 radical (unpaired) electrons. The first-order chi connectivity index (χ1) is 12.8. The van der Waals surface area contributed by atoms with Crippen LogP contribution in [-0.4, -0.2) is 22.7 Å². The standard InChI is InChI=1S/C19H15F3N2O3/c1-2-27-18(26)13-10-23-15-9-11(19(20,21)22)7-8-12(15)17(13)24-14-5-3-4-6-16(14)25/h3-10,25H,2H2,1H3,(H,23,24). The number of para-hydroxylation sites is 2. The van der Waals surface area contributed by atoms with Crippen LogP contribution in [0.4, 0.5) is 24.5 Å². The Bertz CT molecular complexity index is 1000. The van der Waals surface area contributed by atoms with Gasteiger partial charge in [0.25, 0.3) is 0 Å². The minimum absolute atomic E-state index is 0.0485. The van der Waals surface area contributed by atoms with Crippen molar-refractivity contribution in [2.24, 2.45) is 0 Å². The molecule has 1 aromatic heterocycles. The van der Waals surface area contributed by atoms with Crippen molar-refractivity contribution >= 4 is 28.2 Å². The van der Waals surface area contributed by atoms with E-state index in [4.69, 9.17) is 4.74 Å². The van der Waals surface area contributed by atoms with Crippen molar-refractivity contribution in [1.29, 1.82) is 0 Å². The minimum Gasteiger partial charge on any atom is -0.506 e. The second-order valence-corrected chi connectivity index (χ2v) is 5.64. The smallest absolute Gasteiger partial charge is 0.416 e. The molecule has 3 aromatic rings. The van der Waals surface area contributed by atoms with Crippen molar-refractivity contribution in [3.8, 4) is 5.75 Å². The van der Waals surface area contributed by atoms with Crippen molar-refractivity contribution in [3.05, 3.63) is 59.8 Å². The average molecular weight is 376 g/mol. The highest BCUT2D eigenvalue weighted by atomic mass is 19.4. The molecule has 1 heterocycles. The van der Waals surface area contributed by atoms with Crippen molar-refractivity contribution in [2.45, 2.75) is 13.1 Å². The van der Waals surface area contributed by atoms with Gasteiger partial charge in [-0.25, -0.2) is 4.79 Å². The zero-order valence-corrected chi connectivity index (χ0v) is 14.2. The maximum Gasteiger partial charge on any atom is 0.416 e. The first-order valence-electron chi connectivity index (χ1n) is 8.03. The number of hydrogen-bond acceptors (Lipinski definition) is 5. The Morgan fingerprint density at radius 3 is 2.63 bits per heavy atom. The maximum atomic E-state index is 13.0. The number of nitrogens with one attached hydrogen (secondary N) is 1. The fourth-order valence-electron chi connectivity index (χ4n) is 2.58. The van der Waals surface area contributed by atoms with E-state index in [1.807, 2.05) is 0 Å². The molecule has 27 heavy (non-hydrogen) atoms. The Labute approximate surface area is 152 Å². The maximum absolute atomic E-state index is 13.0. The number of benzene rings is 2. The highest BCUT2D eigenvalue weighted by Gasteiger charge is 2.31. The molecule has 0 spiro atoms. The van der Waals surface area contributed by atoms with Crippen LogP contribution in [0.15, 0.2) is 48.7 Å². The Kier molecular flexibility index (Phi) is 4.89. The van der Waals surface area contributed by atoms with Crippen LogP contribution in [0.3, 0.4) is 0 Å². The lowest BCUT2D eigenvalue weighted by Gasteiger charge is -2.16. The molecule has 140 valence electrons. The van der Waals surface area contributed by atoms with E-state index in [0.717, 1.165) is 18.3 Å². The number of hydrogen-bond donors (Lipinski definition) is 2. The highest BCUT2D eigenvalue weighted by molar-refractivity contribution is 6.06. The van der Waals surface area contributed by atoms with Gasteiger partial charge in [0.1, 0.15) is 11.3 Å². The van der Waals surface area contributed by atoms with Gasteiger partial charge in [0.2, 0.25) is 0 Å². The number of esters is 1. The van der Waals surface area contributed by atoms with Gasteiger partial charge < -0.3 is 15.2 Å². The topological polar surface area (TPSA) is 71.5 Å². The number of phenolic OH excluding ortho intramolecular Hbond substituents is 1. The average Bonchev–Trinajstić information content (AvgIpc) is 2.62. The van der Waals surface area contributed by atoms with E-state index >= 15 is 0 Å². The lowest BCUT2D eigenvalue weighted by atomic mass is 10.1. The number of anilines is 2. The van der Waals surface area contributed by atoms with Crippen molar-refractivity contribution in [2.75, 3.05) is 11.9 Å². The molecule has 3 rings (SSSR count). The third kappa shape index (κ3) is 3.79. The van der Waals surface area contributed by atoms with Gasteiger partial charge in [-0.3, -0.25) is 4.98 Å². The molecule has 0 saturated carbocycles. The number of nitrogens with zero attached hydrogens (tertiary/aromatic N) is 1. The summed E-state index contributed by atoms with van der Waals surface area (Å²) < 4.78 is 43.9. The van der Waals surface area contributed by atoms with E-state index in [1.54, 1.807) is 25.1 Å².